The molecule has 1 spiro atoms. The summed E-state index contributed by atoms with van der Waals surface area (Å²) in [5.74, 6) is -0.0542. The molecule has 0 atom stereocenters. The van der Waals surface area contributed by atoms with Gasteiger partial charge in [-0.3, -0.25) is 14.4 Å². The van der Waals surface area contributed by atoms with Crippen LogP contribution in [0, 0.1) is 11.2 Å². The summed E-state index contributed by atoms with van der Waals surface area (Å²) in [6.07, 6.45) is 6.78. The molecule has 2 saturated heterocycles. The fraction of sp³-hybridized carbons (Fsp3) is 0.286. The predicted molar refractivity (Wildman–Crippen MR) is 205 cm³/mol. The van der Waals surface area contributed by atoms with E-state index in [0.717, 1.165) is 85.1 Å². The fourth-order valence-corrected chi connectivity index (χ4v) is 8.92. The molecule has 5 aromatic rings. The summed E-state index contributed by atoms with van der Waals surface area (Å²) in [4.78, 5) is 51.2. The van der Waals surface area contributed by atoms with Gasteiger partial charge in [0.25, 0.3) is 17.7 Å². The molecule has 0 bridgehead atoms. The summed E-state index contributed by atoms with van der Waals surface area (Å²) in [5.41, 5.74) is 5.71. The lowest BCUT2D eigenvalue weighted by Gasteiger charge is -2.53. The first-order chi connectivity index (χ1) is 25.8. The molecule has 4 aliphatic rings. The van der Waals surface area contributed by atoms with Gasteiger partial charge in [-0.05, 0) is 104 Å². The zero-order valence-electron chi connectivity index (χ0n) is 29.1. The van der Waals surface area contributed by atoms with Crippen LogP contribution in [0.3, 0.4) is 0 Å². The summed E-state index contributed by atoms with van der Waals surface area (Å²) in [6, 6.07) is 24.6. The number of anilines is 4. The first-order valence-electron chi connectivity index (χ1n) is 18.2. The first-order valence-corrected chi connectivity index (χ1v) is 19.0. The molecule has 2 N–H and O–H groups in total. The molecule has 5 heterocycles. The van der Waals surface area contributed by atoms with Crippen molar-refractivity contribution in [2.45, 2.75) is 38.0 Å². The van der Waals surface area contributed by atoms with Crippen molar-refractivity contribution >= 4 is 51.9 Å². The summed E-state index contributed by atoms with van der Waals surface area (Å²) in [7, 11) is 0. The van der Waals surface area contributed by atoms with Gasteiger partial charge in [-0.15, -0.1) is 11.3 Å². The summed E-state index contributed by atoms with van der Waals surface area (Å²) < 4.78 is 19.8. The molecular formula is C42H38FN5O4S. The SMILES string of the molecule is O=C(Nc1ccccc1F)c1cc2c(s1)-c1ccccc1N(C(=O)c1ccc(NC(=O)c3cc(C4CC4)cnc3N3CC4(CCOCC4)C3)cc1)CC2. The Morgan fingerprint density at radius 1 is 0.887 bits per heavy atom. The van der Waals surface area contributed by atoms with Gasteiger partial charge in [-0.25, -0.2) is 9.37 Å². The van der Waals surface area contributed by atoms with Gasteiger partial charge in [0.1, 0.15) is 11.6 Å². The quantitative estimate of drug-likeness (QED) is 0.176. The van der Waals surface area contributed by atoms with E-state index in [0.29, 0.717) is 40.6 Å². The number of amides is 3. The number of benzene rings is 3. The Bertz CT molecular complexity index is 2240. The highest BCUT2D eigenvalue weighted by Gasteiger charge is 2.45. The molecule has 3 amide bonds. The van der Waals surface area contributed by atoms with Crippen LogP contribution in [0.25, 0.3) is 10.4 Å². The van der Waals surface area contributed by atoms with Crippen LogP contribution in [-0.2, 0) is 11.2 Å². The molecule has 268 valence electrons. The number of carbonyl (C=O) groups excluding carboxylic acids is 3. The van der Waals surface area contributed by atoms with Crippen molar-refractivity contribution in [2.24, 2.45) is 5.41 Å². The molecule has 1 aliphatic carbocycles. The zero-order valence-corrected chi connectivity index (χ0v) is 29.9. The minimum Gasteiger partial charge on any atom is -0.381 e. The van der Waals surface area contributed by atoms with Gasteiger partial charge in [0.2, 0.25) is 0 Å². The second kappa shape index (κ2) is 13.5. The minimum atomic E-state index is -0.496. The number of thiophene rings is 1. The Morgan fingerprint density at radius 3 is 2.42 bits per heavy atom. The summed E-state index contributed by atoms with van der Waals surface area (Å²) in [6.45, 7) is 3.73. The fourth-order valence-electron chi connectivity index (χ4n) is 7.78. The highest BCUT2D eigenvalue weighted by molar-refractivity contribution is 7.17. The maximum absolute atomic E-state index is 14.2. The van der Waals surface area contributed by atoms with Gasteiger partial charge in [0.05, 0.1) is 21.8 Å². The van der Waals surface area contributed by atoms with Crippen molar-refractivity contribution in [3.05, 3.63) is 124 Å². The number of aromatic nitrogens is 1. The molecule has 2 aromatic heterocycles. The Balaban J connectivity index is 0.913. The third kappa shape index (κ3) is 6.48. The Labute approximate surface area is 310 Å². The van der Waals surface area contributed by atoms with Crippen LogP contribution >= 0.6 is 11.3 Å². The topological polar surface area (TPSA) is 104 Å². The number of carbonyl (C=O) groups is 3. The van der Waals surface area contributed by atoms with Crippen molar-refractivity contribution in [3.8, 4) is 10.4 Å². The average molecular weight is 728 g/mol. The number of nitrogens with zero attached hydrogens (tertiary/aromatic N) is 3. The molecule has 3 aliphatic heterocycles. The van der Waals surface area contributed by atoms with E-state index in [1.54, 1.807) is 41.3 Å². The number of rotatable bonds is 7. The lowest BCUT2D eigenvalue weighted by molar-refractivity contribution is -0.000512. The molecular weight excluding hydrogens is 690 g/mol. The molecule has 3 aromatic carbocycles. The Morgan fingerprint density at radius 2 is 1.64 bits per heavy atom. The van der Waals surface area contributed by atoms with Crippen LogP contribution in [0.15, 0.2) is 91.1 Å². The van der Waals surface area contributed by atoms with Crippen molar-refractivity contribution in [1.82, 2.24) is 4.98 Å². The second-order valence-corrected chi connectivity index (χ2v) is 15.6. The van der Waals surface area contributed by atoms with E-state index in [9.17, 15) is 18.8 Å². The van der Waals surface area contributed by atoms with E-state index in [-0.39, 0.29) is 28.8 Å². The van der Waals surface area contributed by atoms with E-state index in [2.05, 4.69) is 15.5 Å². The van der Waals surface area contributed by atoms with E-state index < -0.39 is 5.82 Å². The van der Waals surface area contributed by atoms with Gasteiger partial charge in [-0.2, -0.15) is 0 Å². The number of ether oxygens (including phenoxy) is 1. The Kier molecular flexibility index (Phi) is 8.55. The highest BCUT2D eigenvalue weighted by atomic mass is 32.1. The van der Waals surface area contributed by atoms with Crippen LogP contribution in [0.2, 0.25) is 0 Å². The van der Waals surface area contributed by atoms with Gasteiger partial charge in [0, 0.05) is 66.2 Å². The zero-order chi connectivity index (χ0) is 36.1. The number of nitrogens with one attached hydrogen (secondary N) is 2. The predicted octanol–water partition coefficient (Wildman–Crippen LogP) is 8.15. The van der Waals surface area contributed by atoms with Crippen LogP contribution in [-0.4, -0.2) is 55.6 Å². The third-order valence-electron chi connectivity index (χ3n) is 10.9. The molecule has 1 saturated carbocycles. The van der Waals surface area contributed by atoms with E-state index in [4.69, 9.17) is 9.72 Å². The average Bonchev–Trinajstić information content (AvgIpc) is 3.96. The van der Waals surface area contributed by atoms with E-state index in [1.165, 1.54) is 23.5 Å². The lowest BCUT2D eigenvalue weighted by atomic mass is 9.73. The molecule has 0 unspecified atom stereocenters. The van der Waals surface area contributed by atoms with Crippen molar-refractivity contribution in [3.63, 3.8) is 0 Å². The first kappa shape index (κ1) is 33.4. The minimum absolute atomic E-state index is 0.128. The van der Waals surface area contributed by atoms with Gasteiger partial charge in [-0.1, -0.05) is 30.3 Å². The number of para-hydroxylation sites is 2. The van der Waals surface area contributed by atoms with Gasteiger partial charge in [0.15, 0.2) is 0 Å². The lowest BCUT2D eigenvalue weighted by Crippen LogP contribution is -2.59. The maximum Gasteiger partial charge on any atom is 0.265 e. The third-order valence-corrected chi connectivity index (χ3v) is 12.1. The number of fused-ring (bicyclic) bond motifs is 3. The summed E-state index contributed by atoms with van der Waals surface area (Å²) >= 11 is 1.33. The van der Waals surface area contributed by atoms with Crippen molar-refractivity contribution in [2.75, 3.05) is 53.3 Å². The van der Waals surface area contributed by atoms with E-state index >= 15 is 0 Å². The van der Waals surface area contributed by atoms with Crippen LogP contribution in [0.4, 0.5) is 27.3 Å². The molecule has 53 heavy (non-hydrogen) atoms. The number of halogens is 1. The normalized spacial score (nSPS) is 17.3. The smallest absolute Gasteiger partial charge is 0.265 e. The molecule has 9 rings (SSSR count). The standard InChI is InChI=1S/C42H38FN5O4S/c43-33-6-2-3-7-34(33)46-40(50)36-22-28-15-18-48(35-8-4-1-5-31(35)37(28)53-36)41(51)27-11-13-30(14-12-27)45-39(49)32-21-29(26-9-10-26)23-44-38(32)47-24-42(25-47)16-19-52-20-17-42/h1-8,11-14,21-23,26H,9-10,15-20,24-25H2,(H,45,49)(H,46,50). The molecule has 11 heteroatoms. The second-order valence-electron chi connectivity index (χ2n) is 14.5. The monoisotopic (exact) mass is 727 g/mol. The Hall–Kier alpha value is -5.39. The molecule has 9 nitrogen and oxygen atoms in total. The van der Waals surface area contributed by atoms with E-state index in [1.807, 2.05) is 42.6 Å². The molecule has 3 fully saturated rings. The number of hydrogen-bond donors (Lipinski definition) is 2. The summed E-state index contributed by atoms with van der Waals surface area (Å²) in [5, 5.41) is 5.75. The van der Waals surface area contributed by atoms with Crippen LogP contribution in [0.5, 0.6) is 0 Å². The number of hydrogen-bond acceptors (Lipinski definition) is 7. The van der Waals surface area contributed by atoms with Crippen molar-refractivity contribution < 1.29 is 23.5 Å². The number of pyridine rings is 1. The van der Waals surface area contributed by atoms with Crippen LogP contribution in [0.1, 0.15) is 73.1 Å². The van der Waals surface area contributed by atoms with Crippen LogP contribution < -0.4 is 20.4 Å². The maximum atomic E-state index is 14.2. The highest BCUT2D eigenvalue weighted by Crippen LogP contribution is 2.45. The van der Waals surface area contributed by atoms with Gasteiger partial charge < -0.3 is 25.2 Å². The van der Waals surface area contributed by atoms with Crippen molar-refractivity contribution in [1.29, 1.82) is 0 Å². The van der Waals surface area contributed by atoms with Gasteiger partial charge >= 0.3 is 0 Å². The largest absolute Gasteiger partial charge is 0.381 e. The molecule has 0 radical (unpaired) electrons.